The number of nitrogens with one attached hydrogen (secondary N) is 4. The zero-order valence-corrected chi connectivity index (χ0v) is 23.5. The van der Waals surface area contributed by atoms with Gasteiger partial charge in [-0.25, -0.2) is 13.2 Å². The number of piperidine rings is 1. The van der Waals surface area contributed by atoms with E-state index in [-0.39, 0.29) is 35.7 Å². The molecule has 0 saturated carbocycles. The topological polar surface area (TPSA) is 195 Å². The molecule has 0 bridgehead atoms. The van der Waals surface area contributed by atoms with Crippen molar-refractivity contribution in [3.05, 3.63) is 42.5 Å². The third-order valence-electron chi connectivity index (χ3n) is 6.80. The highest BCUT2D eigenvalue weighted by Gasteiger charge is 2.32. The number of carbonyl (C=O) groups excluding carboxylic acids is 2. The van der Waals surface area contributed by atoms with Crippen LogP contribution in [0.2, 0.25) is 0 Å². The van der Waals surface area contributed by atoms with Crippen molar-refractivity contribution in [3.63, 3.8) is 0 Å². The average Bonchev–Trinajstić information content (AvgIpc) is 2.90. The molecule has 3 rings (SSSR count). The van der Waals surface area contributed by atoms with Crippen molar-refractivity contribution in [2.24, 2.45) is 17.6 Å². The van der Waals surface area contributed by atoms with Gasteiger partial charge in [0.05, 0.1) is 11.3 Å². The first-order chi connectivity index (χ1) is 18.9. The first-order valence-electron chi connectivity index (χ1n) is 13.3. The van der Waals surface area contributed by atoms with Gasteiger partial charge in [-0.05, 0) is 54.0 Å². The smallest absolute Gasteiger partial charge is 0.326 e. The van der Waals surface area contributed by atoms with Crippen molar-refractivity contribution in [1.29, 1.82) is 5.41 Å². The third kappa shape index (κ3) is 8.65. The van der Waals surface area contributed by atoms with Gasteiger partial charge in [0.25, 0.3) is 0 Å². The summed E-state index contributed by atoms with van der Waals surface area (Å²) >= 11 is 0. The molecule has 1 aliphatic heterocycles. The van der Waals surface area contributed by atoms with Crippen LogP contribution >= 0.6 is 0 Å². The van der Waals surface area contributed by atoms with E-state index in [1.807, 2.05) is 12.1 Å². The third-order valence-corrected chi connectivity index (χ3v) is 8.27. The van der Waals surface area contributed by atoms with Crippen LogP contribution in [0.3, 0.4) is 0 Å². The fourth-order valence-corrected chi connectivity index (χ4v) is 5.94. The molecule has 12 nitrogen and oxygen atoms in total. The van der Waals surface area contributed by atoms with E-state index in [9.17, 15) is 27.9 Å². The summed E-state index contributed by atoms with van der Waals surface area (Å²) in [6.45, 7) is 5.03. The largest absolute Gasteiger partial charge is 0.480 e. The molecule has 1 saturated heterocycles. The molecule has 3 atom stereocenters. The number of likely N-dealkylation sites (tertiary alicyclic amines) is 1. The molecule has 1 aliphatic rings. The maximum Gasteiger partial charge on any atom is 0.326 e. The van der Waals surface area contributed by atoms with Crippen LogP contribution in [0.25, 0.3) is 10.8 Å². The second kappa shape index (κ2) is 13.6. The number of rotatable bonds is 12. The number of hydrogen-bond acceptors (Lipinski definition) is 6. The Morgan fingerprint density at radius 2 is 1.82 bits per heavy atom. The Bertz CT molecular complexity index is 1350. The fraction of sp³-hybridized carbons (Fsp3) is 0.481. The first kappa shape index (κ1) is 30.8. The Kier molecular flexibility index (Phi) is 10.5. The number of fused-ring (bicyclic) bond motifs is 1. The minimum atomic E-state index is -4.26. The van der Waals surface area contributed by atoms with Crippen LogP contribution in [-0.2, 0) is 24.4 Å². The molecule has 2 aromatic rings. The number of guanidine groups is 1. The standard InChI is InChI=1S/C27H38N6O6S/c1-17(2)12-23(26(36)37)31-25(35)22(14-24(34)30-15-18-6-5-11-33(16-18)27(28)29)32-40(38,39)21-10-9-19-7-3-4-8-20(19)13-21/h3-4,7-10,13,17-18,22-23,32H,5-6,11-12,14-16H2,1-2H3,(H3,28,29)(H,30,34)(H,31,35)(H,36,37)/t18-,22+,23+/m0/s1. The molecule has 0 unspecified atom stereocenters. The van der Waals surface area contributed by atoms with Crippen LogP contribution in [0.1, 0.15) is 39.5 Å². The molecule has 2 aromatic carbocycles. The zero-order valence-electron chi connectivity index (χ0n) is 22.7. The number of carbonyl (C=O) groups is 3. The summed E-state index contributed by atoms with van der Waals surface area (Å²) in [5, 5.41) is 23.9. The molecule has 218 valence electrons. The van der Waals surface area contributed by atoms with Crippen LogP contribution in [0.4, 0.5) is 0 Å². The number of sulfonamides is 1. The molecular weight excluding hydrogens is 536 g/mol. The highest BCUT2D eigenvalue weighted by atomic mass is 32.2. The summed E-state index contributed by atoms with van der Waals surface area (Å²) in [6.07, 6.45) is 1.22. The minimum absolute atomic E-state index is 0.0330. The lowest BCUT2D eigenvalue weighted by Crippen LogP contribution is -2.53. The molecule has 7 N–H and O–H groups in total. The number of nitrogens with two attached hydrogens (primary N) is 1. The highest BCUT2D eigenvalue weighted by molar-refractivity contribution is 7.89. The van der Waals surface area contributed by atoms with Gasteiger partial charge in [-0.2, -0.15) is 4.72 Å². The van der Waals surface area contributed by atoms with Gasteiger partial charge < -0.3 is 26.4 Å². The van der Waals surface area contributed by atoms with Crippen molar-refractivity contribution in [2.75, 3.05) is 19.6 Å². The van der Waals surface area contributed by atoms with E-state index in [0.29, 0.717) is 18.5 Å². The van der Waals surface area contributed by atoms with Gasteiger partial charge >= 0.3 is 5.97 Å². The van der Waals surface area contributed by atoms with Crippen molar-refractivity contribution in [2.45, 2.75) is 56.5 Å². The number of amides is 2. The second-order valence-electron chi connectivity index (χ2n) is 10.6. The maximum absolute atomic E-state index is 13.3. The maximum atomic E-state index is 13.3. The van der Waals surface area contributed by atoms with E-state index >= 15 is 0 Å². The van der Waals surface area contributed by atoms with Crippen molar-refractivity contribution in [1.82, 2.24) is 20.3 Å². The lowest BCUT2D eigenvalue weighted by molar-refractivity contribution is -0.142. The van der Waals surface area contributed by atoms with Crippen LogP contribution in [0, 0.1) is 17.2 Å². The second-order valence-corrected chi connectivity index (χ2v) is 12.3. The number of aliphatic carboxylic acids is 1. The van der Waals surface area contributed by atoms with Crippen LogP contribution < -0.4 is 21.1 Å². The van der Waals surface area contributed by atoms with Crippen molar-refractivity contribution >= 4 is 44.5 Å². The van der Waals surface area contributed by atoms with Crippen LogP contribution in [-0.4, -0.2) is 73.9 Å². The summed E-state index contributed by atoms with van der Waals surface area (Å²) < 4.78 is 28.9. The van der Waals surface area contributed by atoms with E-state index in [2.05, 4.69) is 15.4 Å². The van der Waals surface area contributed by atoms with E-state index in [0.717, 1.165) is 18.2 Å². The quantitative estimate of drug-likeness (QED) is 0.161. The first-order valence-corrected chi connectivity index (χ1v) is 14.7. The Balaban J connectivity index is 1.77. The van der Waals surface area contributed by atoms with Gasteiger partial charge in [0, 0.05) is 19.6 Å². The van der Waals surface area contributed by atoms with Gasteiger partial charge in [0.2, 0.25) is 21.8 Å². The minimum Gasteiger partial charge on any atom is -0.480 e. The molecule has 0 aliphatic carbocycles. The van der Waals surface area contributed by atoms with Crippen molar-refractivity contribution in [3.8, 4) is 0 Å². The SMILES string of the molecule is CC(C)C[C@@H](NC(=O)[C@@H](CC(=O)NC[C@@H]1CCCN(C(=N)N)C1)NS(=O)(=O)c1ccc2ccccc2c1)C(=O)O. The number of carboxylic acids is 1. The predicted molar refractivity (Wildman–Crippen MR) is 151 cm³/mol. The predicted octanol–water partition coefficient (Wildman–Crippen LogP) is 1.21. The monoisotopic (exact) mass is 574 g/mol. The van der Waals surface area contributed by atoms with Gasteiger partial charge in [0.15, 0.2) is 5.96 Å². The summed E-state index contributed by atoms with van der Waals surface area (Å²) in [6, 6.07) is 8.91. The number of nitrogens with zero attached hydrogens (tertiary/aromatic N) is 1. The highest BCUT2D eigenvalue weighted by Crippen LogP contribution is 2.20. The van der Waals surface area contributed by atoms with Gasteiger partial charge in [-0.1, -0.05) is 44.2 Å². The molecule has 13 heteroatoms. The number of benzene rings is 2. The van der Waals surface area contributed by atoms with Gasteiger partial charge in [-0.3, -0.25) is 15.0 Å². The summed E-state index contributed by atoms with van der Waals surface area (Å²) in [5.74, 6) is -2.79. The summed E-state index contributed by atoms with van der Waals surface area (Å²) in [5.41, 5.74) is 5.58. The molecule has 2 amide bonds. The van der Waals surface area contributed by atoms with Crippen LogP contribution in [0.15, 0.2) is 47.4 Å². The molecule has 40 heavy (non-hydrogen) atoms. The lowest BCUT2D eigenvalue weighted by atomic mass is 9.98. The molecule has 1 fully saturated rings. The number of hydrogen-bond donors (Lipinski definition) is 6. The molecule has 0 aromatic heterocycles. The van der Waals surface area contributed by atoms with E-state index < -0.39 is 46.3 Å². The Labute approximate surface area is 234 Å². The molecular formula is C27H38N6O6S. The van der Waals surface area contributed by atoms with Gasteiger partial charge in [-0.15, -0.1) is 0 Å². The molecule has 0 radical (unpaired) electrons. The Hall–Kier alpha value is -3.71. The summed E-state index contributed by atoms with van der Waals surface area (Å²) in [7, 11) is -4.26. The fourth-order valence-electron chi connectivity index (χ4n) is 4.71. The Morgan fingerprint density at radius 1 is 1.12 bits per heavy atom. The van der Waals surface area contributed by atoms with E-state index in [1.54, 1.807) is 36.9 Å². The van der Waals surface area contributed by atoms with Gasteiger partial charge in [0.1, 0.15) is 12.1 Å². The number of carboxylic acid groups (broad SMARTS) is 1. The van der Waals surface area contributed by atoms with E-state index in [1.165, 1.54) is 12.1 Å². The normalized spacial score (nSPS) is 17.3. The zero-order chi connectivity index (χ0) is 29.4. The average molecular weight is 575 g/mol. The molecule has 0 spiro atoms. The lowest BCUT2D eigenvalue weighted by Gasteiger charge is -2.33. The summed E-state index contributed by atoms with van der Waals surface area (Å²) in [4.78, 5) is 39.4. The van der Waals surface area contributed by atoms with Crippen molar-refractivity contribution < 1.29 is 27.9 Å². The van der Waals surface area contributed by atoms with Crippen LogP contribution in [0.5, 0.6) is 0 Å². The molecule has 1 heterocycles. The Morgan fingerprint density at radius 3 is 2.48 bits per heavy atom. The van der Waals surface area contributed by atoms with E-state index in [4.69, 9.17) is 11.1 Å².